The minimum Gasteiger partial charge on any atom is -0.496 e. The van der Waals surface area contributed by atoms with Crippen molar-refractivity contribution in [3.63, 3.8) is 0 Å². The molecular formula is C17H19N5OS. The van der Waals surface area contributed by atoms with Crippen molar-refractivity contribution >= 4 is 28.7 Å². The van der Waals surface area contributed by atoms with Crippen molar-refractivity contribution in [1.29, 1.82) is 0 Å². The van der Waals surface area contributed by atoms with Gasteiger partial charge >= 0.3 is 0 Å². The van der Waals surface area contributed by atoms with Gasteiger partial charge in [-0.25, -0.2) is 15.0 Å². The van der Waals surface area contributed by atoms with Crippen LogP contribution < -0.4 is 10.5 Å². The summed E-state index contributed by atoms with van der Waals surface area (Å²) < 4.78 is 7.51. The zero-order valence-electron chi connectivity index (χ0n) is 13.5. The molecule has 2 N–H and O–H groups in total. The van der Waals surface area contributed by atoms with E-state index in [0.717, 1.165) is 40.8 Å². The first-order chi connectivity index (χ1) is 11.7. The highest BCUT2D eigenvalue weighted by Crippen LogP contribution is 2.36. The molecule has 0 saturated carbocycles. The number of nitrogens with zero attached hydrogens (tertiary/aromatic N) is 4. The Morgan fingerprint density at radius 2 is 2.17 bits per heavy atom. The molecular weight excluding hydrogens is 322 g/mol. The molecule has 0 bridgehead atoms. The molecule has 0 saturated heterocycles. The Labute approximate surface area is 144 Å². The molecule has 0 aliphatic carbocycles. The lowest BCUT2D eigenvalue weighted by Gasteiger charge is -2.09. The standard InChI is InChI=1S/C17H19N5OS/c1-3-4-7-10-22-16-14(15(18)19-11-20-16)21-17(22)24-13-9-6-5-8-12(13)23-2/h3,5-6,8-9,11H,1,4,7,10H2,2H3,(H2,18,19,20). The monoisotopic (exact) mass is 341 g/mol. The lowest BCUT2D eigenvalue weighted by atomic mass is 10.3. The molecule has 124 valence electrons. The van der Waals surface area contributed by atoms with Crippen LogP contribution >= 0.6 is 11.8 Å². The number of unbranched alkanes of at least 4 members (excludes halogenated alkanes) is 1. The average molecular weight is 341 g/mol. The number of imidazole rings is 1. The summed E-state index contributed by atoms with van der Waals surface area (Å²) in [5.74, 6) is 1.20. The third-order valence-corrected chi connectivity index (χ3v) is 4.64. The Hall–Kier alpha value is -2.54. The summed E-state index contributed by atoms with van der Waals surface area (Å²) in [5.41, 5.74) is 7.35. The van der Waals surface area contributed by atoms with Crippen molar-refractivity contribution in [2.45, 2.75) is 29.4 Å². The van der Waals surface area contributed by atoms with Crippen molar-refractivity contribution < 1.29 is 4.74 Å². The lowest BCUT2D eigenvalue weighted by molar-refractivity contribution is 0.404. The van der Waals surface area contributed by atoms with Gasteiger partial charge in [-0.05, 0) is 36.7 Å². The number of anilines is 1. The maximum Gasteiger partial charge on any atom is 0.175 e. The normalized spacial score (nSPS) is 10.9. The van der Waals surface area contributed by atoms with Crippen LogP contribution in [0.3, 0.4) is 0 Å². The second-order valence-electron chi connectivity index (χ2n) is 5.16. The summed E-state index contributed by atoms with van der Waals surface area (Å²) in [4.78, 5) is 14.1. The number of ether oxygens (including phenoxy) is 1. The van der Waals surface area contributed by atoms with Gasteiger partial charge in [0.25, 0.3) is 0 Å². The number of allylic oxidation sites excluding steroid dienone is 1. The van der Waals surface area contributed by atoms with E-state index in [1.54, 1.807) is 7.11 Å². The van der Waals surface area contributed by atoms with Crippen LogP contribution in [0, 0.1) is 0 Å². The fourth-order valence-electron chi connectivity index (χ4n) is 2.41. The number of benzene rings is 1. The van der Waals surface area contributed by atoms with Gasteiger partial charge in [-0.1, -0.05) is 18.2 Å². The highest BCUT2D eigenvalue weighted by atomic mass is 32.2. The molecule has 0 amide bonds. The Morgan fingerprint density at radius 1 is 1.33 bits per heavy atom. The van der Waals surface area contributed by atoms with Crippen molar-refractivity contribution in [2.24, 2.45) is 0 Å². The maximum absolute atomic E-state index is 5.97. The third-order valence-electron chi connectivity index (χ3n) is 3.59. The molecule has 0 aliphatic rings. The SMILES string of the molecule is C=CCCCn1c(Sc2ccccc2OC)nc2c(N)ncnc21. The van der Waals surface area contributed by atoms with Gasteiger partial charge in [0.05, 0.1) is 12.0 Å². The zero-order chi connectivity index (χ0) is 16.9. The topological polar surface area (TPSA) is 78.9 Å². The fraction of sp³-hybridized carbons (Fsp3) is 0.235. The van der Waals surface area contributed by atoms with Crippen molar-refractivity contribution in [3.05, 3.63) is 43.2 Å². The molecule has 0 atom stereocenters. The van der Waals surface area contributed by atoms with E-state index in [1.807, 2.05) is 30.3 Å². The van der Waals surface area contributed by atoms with Gasteiger partial charge in [-0.2, -0.15) is 0 Å². The summed E-state index contributed by atoms with van der Waals surface area (Å²) in [6.45, 7) is 4.56. The molecule has 0 aliphatic heterocycles. The van der Waals surface area contributed by atoms with Gasteiger partial charge < -0.3 is 15.0 Å². The number of para-hydroxylation sites is 1. The van der Waals surface area contributed by atoms with E-state index in [2.05, 4.69) is 26.1 Å². The fourth-order valence-corrected chi connectivity index (χ4v) is 3.43. The van der Waals surface area contributed by atoms with E-state index in [4.69, 9.17) is 10.5 Å². The summed E-state index contributed by atoms with van der Waals surface area (Å²) in [6, 6.07) is 7.86. The first-order valence-corrected chi connectivity index (χ1v) is 8.44. The van der Waals surface area contributed by atoms with E-state index in [1.165, 1.54) is 18.1 Å². The van der Waals surface area contributed by atoms with Crippen LogP contribution in [0.15, 0.2) is 53.3 Å². The third kappa shape index (κ3) is 3.21. The molecule has 7 heteroatoms. The van der Waals surface area contributed by atoms with Crippen molar-refractivity contribution in [3.8, 4) is 5.75 Å². The van der Waals surface area contributed by atoms with Gasteiger partial charge in [-0.15, -0.1) is 6.58 Å². The molecule has 1 aromatic carbocycles. The molecule has 3 aromatic rings. The number of hydrogen-bond donors (Lipinski definition) is 1. The van der Waals surface area contributed by atoms with Crippen LogP contribution in [-0.2, 0) is 6.54 Å². The zero-order valence-corrected chi connectivity index (χ0v) is 14.3. The second-order valence-corrected chi connectivity index (χ2v) is 6.17. The number of nitrogen functional groups attached to an aromatic ring is 1. The van der Waals surface area contributed by atoms with E-state index in [9.17, 15) is 0 Å². The Kier molecular flexibility index (Phi) is 5.00. The Bertz CT molecular complexity index is 861. The van der Waals surface area contributed by atoms with E-state index in [0.29, 0.717) is 11.3 Å². The van der Waals surface area contributed by atoms with Gasteiger partial charge in [0.2, 0.25) is 0 Å². The summed E-state index contributed by atoms with van der Waals surface area (Å²) in [5, 5.41) is 0.825. The van der Waals surface area contributed by atoms with Crippen LogP contribution in [0.25, 0.3) is 11.2 Å². The van der Waals surface area contributed by atoms with Crippen LogP contribution in [0.4, 0.5) is 5.82 Å². The molecule has 0 spiro atoms. The number of aryl methyl sites for hydroxylation is 1. The van der Waals surface area contributed by atoms with Crippen molar-refractivity contribution in [2.75, 3.05) is 12.8 Å². The number of aromatic nitrogens is 4. The smallest absolute Gasteiger partial charge is 0.175 e. The van der Waals surface area contributed by atoms with Gasteiger partial charge in [-0.3, -0.25) is 0 Å². The largest absolute Gasteiger partial charge is 0.496 e. The highest BCUT2D eigenvalue weighted by molar-refractivity contribution is 7.99. The minimum atomic E-state index is 0.393. The quantitative estimate of drug-likeness (QED) is 0.523. The lowest BCUT2D eigenvalue weighted by Crippen LogP contribution is -2.02. The molecule has 0 unspecified atom stereocenters. The average Bonchev–Trinajstić information content (AvgIpc) is 2.95. The number of methoxy groups -OCH3 is 1. The number of fused-ring (bicyclic) bond motifs is 1. The first kappa shape index (κ1) is 16.3. The number of hydrogen-bond acceptors (Lipinski definition) is 6. The molecule has 0 radical (unpaired) electrons. The number of rotatable bonds is 7. The van der Waals surface area contributed by atoms with Gasteiger partial charge in [0, 0.05) is 6.54 Å². The van der Waals surface area contributed by atoms with Gasteiger partial charge in [0.15, 0.2) is 22.1 Å². The molecule has 6 nitrogen and oxygen atoms in total. The van der Waals surface area contributed by atoms with E-state index < -0.39 is 0 Å². The molecule has 2 aromatic heterocycles. The molecule has 3 rings (SSSR count). The first-order valence-electron chi connectivity index (χ1n) is 7.63. The minimum absolute atomic E-state index is 0.393. The van der Waals surface area contributed by atoms with Crippen LogP contribution in [0.1, 0.15) is 12.8 Å². The molecule has 24 heavy (non-hydrogen) atoms. The second kappa shape index (κ2) is 7.35. The summed E-state index contributed by atoms with van der Waals surface area (Å²) in [6.07, 6.45) is 5.27. The predicted octanol–water partition coefficient (Wildman–Crippen LogP) is 3.53. The summed E-state index contributed by atoms with van der Waals surface area (Å²) in [7, 11) is 1.66. The van der Waals surface area contributed by atoms with Crippen molar-refractivity contribution in [1.82, 2.24) is 19.5 Å². The van der Waals surface area contributed by atoms with Gasteiger partial charge in [0.1, 0.15) is 12.1 Å². The van der Waals surface area contributed by atoms with Crippen LogP contribution in [0.2, 0.25) is 0 Å². The van der Waals surface area contributed by atoms with Crippen LogP contribution in [0.5, 0.6) is 5.75 Å². The Morgan fingerprint density at radius 3 is 2.96 bits per heavy atom. The maximum atomic E-state index is 5.97. The predicted molar refractivity (Wildman–Crippen MR) is 96.3 cm³/mol. The Balaban J connectivity index is 2.03. The van der Waals surface area contributed by atoms with E-state index >= 15 is 0 Å². The highest BCUT2D eigenvalue weighted by Gasteiger charge is 2.16. The number of nitrogens with two attached hydrogens (primary N) is 1. The molecule has 2 heterocycles. The van der Waals surface area contributed by atoms with Crippen LogP contribution in [-0.4, -0.2) is 26.6 Å². The summed E-state index contributed by atoms with van der Waals surface area (Å²) >= 11 is 1.54. The van der Waals surface area contributed by atoms with E-state index in [-0.39, 0.29) is 0 Å². The molecule has 0 fully saturated rings.